The third-order valence-corrected chi connectivity index (χ3v) is 3.06. The molecule has 0 aliphatic carbocycles. The maximum Gasteiger partial charge on any atom is 0.212 e. The van der Waals surface area contributed by atoms with E-state index < -0.39 is 0 Å². The predicted molar refractivity (Wildman–Crippen MR) is 49.2 cm³/mol. The van der Waals surface area contributed by atoms with Crippen LogP contribution < -0.4 is 5.32 Å². The first kappa shape index (κ1) is 9.10. The molecule has 62 valence electrons. The van der Waals surface area contributed by atoms with Gasteiger partial charge in [0.25, 0.3) is 0 Å². The third kappa shape index (κ3) is 1.78. The van der Waals surface area contributed by atoms with E-state index in [0.29, 0.717) is 5.25 Å². The monoisotopic (exact) mass is 191 g/mol. The molecule has 0 aromatic carbocycles. The number of nitrogens with one attached hydrogen (secondary N) is 1. The molecule has 0 radical (unpaired) electrons. The number of halogens is 1. The molecule has 2 nitrogen and oxygen atoms in total. The zero-order valence-electron chi connectivity index (χ0n) is 6.00. The number of piperidine rings is 1. The van der Waals surface area contributed by atoms with Crippen LogP contribution in [0, 0.1) is 0 Å². The Morgan fingerprint density at radius 1 is 1.64 bits per heavy atom. The number of hydrogen-bond donors (Lipinski definition) is 1. The lowest BCUT2D eigenvalue weighted by atomic mass is 10.1. The average molecular weight is 192 g/mol. The van der Waals surface area contributed by atoms with Crippen LogP contribution in [0.5, 0.6) is 0 Å². The van der Waals surface area contributed by atoms with Gasteiger partial charge in [-0.3, -0.25) is 4.79 Å². The molecular formula is C7H10ClNOS. The Hall–Kier alpha value is 0.01000. The van der Waals surface area contributed by atoms with Crippen molar-refractivity contribution in [2.75, 3.05) is 13.1 Å². The minimum absolute atomic E-state index is 0. The van der Waals surface area contributed by atoms with Crippen molar-refractivity contribution < 1.29 is 4.79 Å². The molecule has 0 aromatic rings. The highest BCUT2D eigenvalue weighted by molar-refractivity contribution is 8.15. The van der Waals surface area contributed by atoms with E-state index >= 15 is 0 Å². The van der Waals surface area contributed by atoms with E-state index in [-0.39, 0.29) is 17.5 Å². The van der Waals surface area contributed by atoms with Crippen LogP contribution in [0.15, 0.2) is 11.6 Å². The molecule has 2 aliphatic rings. The number of rotatable bonds is 0. The largest absolute Gasteiger partial charge is 0.313 e. The molecular weight excluding hydrogens is 182 g/mol. The summed E-state index contributed by atoms with van der Waals surface area (Å²) >= 11 is 1.48. The highest BCUT2D eigenvalue weighted by Crippen LogP contribution is 2.31. The summed E-state index contributed by atoms with van der Waals surface area (Å²) in [6, 6.07) is 0. The minimum atomic E-state index is 0. The van der Waals surface area contributed by atoms with Crippen molar-refractivity contribution in [3.05, 3.63) is 11.6 Å². The molecule has 11 heavy (non-hydrogen) atoms. The van der Waals surface area contributed by atoms with Gasteiger partial charge in [-0.05, 0) is 24.6 Å². The molecule has 1 N–H and O–H groups in total. The minimum Gasteiger partial charge on any atom is -0.313 e. The molecule has 0 unspecified atom stereocenters. The second-order valence-corrected chi connectivity index (χ2v) is 3.82. The third-order valence-electron chi connectivity index (χ3n) is 1.89. The fraction of sp³-hybridized carbons (Fsp3) is 0.571. The van der Waals surface area contributed by atoms with Crippen LogP contribution >= 0.6 is 24.2 Å². The van der Waals surface area contributed by atoms with Crippen molar-refractivity contribution in [3.8, 4) is 0 Å². The standard InChI is InChI=1S/C7H9NOS.ClH/c9-7-3-5-4-8-2-1-6(5)10-7;/h3,6,8H,1-2,4H2;1H/t6-;/m0./s1. The second kappa shape index (κ2) is 3.61. The Bertz CT molecular complexity index is 205. The average Bonchev–Trinajstić information content (AvgIpc) is 2.27. The van der Waals surface area contributed by atoms with Gasteiger partial charge in [-0.2, -0.15) is 0 Å². The van der Waals surface area contributed by atoms with Crippen LogP contribution in [-0.2, 0) is 4.79 Å². The van der Waals surface area contributed by atoms with Crippen LogP contribution in [-0.4, -0.2) is 23.5 Å². The Kier molecular flexibility index (Phi) is 2.98. The van der Waals surface area contributed by atoms with E-state index in [9.17, 15) is 4.79 Å². The van der Waals surface area contributed by atoms with Gasteiger partial charge in [0.05, 0.1) is 0 Å². The molecule has 1 atom stereocenters. The van der Waals surface area contributed by atoms with Crippen LogP contribution in [0.2, 0.25) is 0 Å². The first-order valence-electron chi connectivity index (χ1n) is 3.48. The molecule has 0 bridgehead atoms. The molecule has 0 saturated carbocycles. The summed E-state index contributed by atoms with van der Waals surface area (Å²) in [6.45, 7) is 1.98. The molecule has 2 heterocycles. The van der Waals surface area contributed by atoms with Crippen molar-refractivity contribution in [1.29, 1.82) is 0 Å². The van der Waals surface area contributed by atoms with Gasteiger partial charge >= 0.3 is 0 Å². The summed E-state index contributed by atoms with van der Waals surface area (Å²) in [5, 5.41) is 3.99. The number of fused-ring (bicyclic) bond motifs is 1. The van der Waals surface area contributed by atoms with E-state index in [0.717, 1.165) is 19.5 Å². The van der Waals surface area contributed by atoms with Gasteiger partial charge in [-0.15, -0.1) is 12.4 Å². The fourth-order valence-electron chi connectivity index (χ4n) is 1.37. The highest BCUT2D eigenvalue weighted by atomic mass is 35.5. The Balaban J connectivity index is 0.000000605. The smallest absolute Gasteiger partial charge is 0.212 e. The van der Waals surface area contributed by atoms with E-state index in [1.807, 2.05) is 0 Å². The molecule has 0 aromatic heterocycles. The van der Waals surface area contributed by atoms with E-state index in [4.69, 9.17) is 0 Å². The lowest BCUT2D eigenvalue weighted by Gasteiger charge is -2.19. The summed E-state index contributed by atoms with van der Waals surface area (Å²) in [5.41, 5.74) is 1.29. The molecule has 4 heteroatoms. The van der Waals surface area contributed by atoms with E-state index in [1.165, 1.54) is 17.3 Å². The van der Waals surface area contributed by atoms with Crippen LogP contribution in [0.4, 0.5) is 0 Å². The van der Waals surface area contributed by atoms with Crippen molar-refractivity contribution >= 4 is 29.3 Å². The topological polar surface area (TPSA) is 29.1 Å². The predicted octanol–water partition coefficient (Wildman–Crippen LogP) is 0.970. The Morgan fingerprint density at radius 2 is 2.45 bits per heavy atom. The zero-order chi connectivity index (χ0) is 6.97. The van der Waals surface area contributed by atoms with Gasteiger partial charge in [-0.25, -0.2) is 0 Å². The Labute approximate surface area is 76.2 Å². The SMILES string of the molecule is Cl.O=C1C=C2CNCC[C@@H]2S1. The molecule has 0 spiro atoms. The van der Waals surface area contributed by atoms with Crippen molar-refractivity contribution in [1.82, 2.24) is 5.32 Å². The summed E-state index contributed by atoms with van der Waals surface area (Å²) < 4.78 is 0. The number of carbonyl (C=O) groups excluding carboxylic acids is 1. The number of carbonyl (C=O) groups is 1. The van der Waals surface area contributed by atoms with E-state index in [1.54, 1.807) is 6.08 Å². The molecule has 0 amide bonds. The second-order valence-electron chi connectivity index (χ2n) is 2.61. The lowest BCUT2D eigenvalue weighted by Crippen LogP contribution is -2.30. The van der Waals surface area contributed by atoms with Gasteiger partial charge < -0.3 is 5.32 Å². The number of hydrogen-bond acceptors (Lipinski definition) is 3. The van der Waals surface area contributed by atoms with Crippen LogP contribution in [0.1, 0.15) is 6.42 Å². The first-order valence-corrected chi connectivity index (χ1v) is 4.36. The zero-order valence-corrected chi connectivity index (χ0v) is 7.63. The van der Waals surface area contributed by atoms with Gasteiger partial charge in [0, 0.05) is 11.8 Å². The van der Waals surface area contributed by atoms with Crippen molar-refractivity contribution in [3.63, 3.8) is 0 Å². The number of thioether (sulfide) groups is 1. The highest BCUT2D eigenvalue weighted by Gasteiger charge is 2.27. The fourth-order valence-corrected chi connectivity index (χ4v) is 2.41. The maximum absolute atomic E-state index is 10.9. The van der Waals surface area contributed by atoms with Gasteiger partial charge in [0.15, 0.2) is 0 Å². The van der Waals surface area contributed by atoms with Crippen molar-refractivity contribution in [2.45, 2.75) is 11.7 Å². The molecule has 2 aliphatic heterocycles. The maximum atomic E-state index is 10.9. The lowest BCUT2D eigenvalue weighted by molar-refractivity contribution is -0.106. The Morgan fingerprint density at radius 3 is 3.18 bits per heavy atom. The normalized spacial score (nSPS) is 28.9. The van der Waals surface area contributed by atoms with E-state index in [2.05, 4.69) is 5.32 Å². The van der Waals surface area contributed by atoms with Crippen LogP contribution in [0.3, 0.4) is 0 Å². The quantitative estimate of drug-likeness (QED) is 0.619. The van der Waals surface area contributed by atoms with Crippen molar-refractivity contribution in [2.24, 2.45) is 0 Å². The summed E-state index contributed by atoms with van der Waals surface area (Å²) in [4.78, 5) is 10.9. The van der Waals surface area contributed by atoms with Gasteiger partial charge in [0.1, 0.15) is 0 Å². The first-order chi connectivity index (χ1) is 4.86. The molecule has 1 fully saturated rings. The van der Waals surface area contributed by atoms with Crippen LogP contribution in [0.25, 0.3) is 0 Å². The summed E-state index contributed by atoms with van der Waals surface area (Å²) in [6.07, 6.45) is 2.89. The van der Waals surface area contributed by atoms with Gasteiger partial charge in [-0.1, -0.05) is 11.8 Å². The van der Waals surface area contributed by atoms with Gasteiger partial charge in [0.2, 0.25) is 5.12 Å². The molecule has 1 saturated heterocycles. The summed E-state index contributed by atoms with van der Waals surface area (Å²) in [7, 11) is 0. The molecule has 2 rings (SSSR count). The summed E-state index contributed by atoms with van der Waals surface area (Å²) in [5.74, 6) is 0.